The van der Waals surface area contributed by atoms with Gasteiger partial charge in [-0.15, -0.1) is 0 Å². The van der Waals surface area contributed by atoms with Gasteiger partial charge in [-0.2, -0.15) is 0 Å². The lowest BCUT2D eigenvalue weighted by Gasteiger charge is -2.18. The minimum absolute atomic E-state index is 0.152. The first-order chi connectivity index (χ1) is 9.61. The predicted molar refractivity (Wildman–Crippen MR) is 79.3 cm³/mol. The lowest BCUT2D eigenvalue weighted by atomic mass is 10.2. The van der Waals surface area contributed by atoms with Crippen molar-refractivity contribution in [1.82, 2.24) is 9.88 Å². The number of nitrogens with two attached hydrogens (primary N) is 1. The number of carbonyl (C=O) groups is 1. The predicted octanol–water partition coefficient (Wildman–Crippen LogP) is 2.29. The van der Waals surface area contributed by atoms with Gasteiger partial charge in [-0.25, -0.2) is 0 Å². The number of aromatic nitrogens is 1. The molecule has 1 aromatic heterocycles. The van der Waals surface area contributed by atoms with Crippen LogP contribution in [0.4, 0.5) is 5.69 Å². The van der Waals surface area contributed by atoms with Crippen molar-refractivity contribution in [1.29, 1.82) is 0 Å². The summed E-state index contributed by atoms with van der Waals surface area (Å²) in [6.45, 7) is 0.481. The molecule has 0 unspecified atom stereocenters. The molecular weight excluding hydrogens is 276 g/mol. The Bertz CT molecular complexity index is 600. The molecule has 0 bridgehead atoms. The Hall–Kier alpha value is -2.11. The Kier molecular flexibility index (Phi) is 4.55. The average Bonchev–Trinajstić information content (AvgIpc) is 2.48. The summed E-state index contributed by atoms with van der Waals surface area (Å²) in [5.74, 6) is 5.24. The van der Waals surface area contributed by atoms with Crippen LogP contribution in [0.3, 0.4) is 0 Å². The van der Waals surface area contributed by atoms with Crippen LogP contribution in [0.15, 0.2) is 42.7 Å². The van der Waals surface area contributed by atoms with Gasteiger partial charge in [0, 0.05) is 31.0 Å². The highest BCUT2D eigenvalue weighted by Crippen LogP contribution is 2.16. The van der Waals surface area contributed by atoms with Crippen molar-refractivity contribution in [3.63, 3.8) is 0 Å². The quantitative estimate of drug-likeness (QED) is 0.669. The molecule has 104 valence electrons. The fraction of sp³-hybridized carbons (Fsp3) is 0.143. The number of hydrazine groups is 1. The zero-order chi connectivity index (χ0) is 14.5. The number of amides is 1. The normalized spacial score (nSPS) is 10.2. The number of rotatable bonds is 4. The zero-order valence-corrected chi connectivity index (χ0v) is 11.8. The van der Waals surface area contributed by atoms with E-state index in [4.69, 9.17) is 17.4 Å². The SMILES string of the molecule is CN(Cc1ccc(Cl)cc1)C(=O)c1cnccc1NN. The molecule has 20 heavy (non-hydrogen) atoms. The van der Waals surface area contributed by atoms with Gasteiger partial charge < -0.3 is 10.3 Å². The van der Waals surface area contributed by atoms with Crippen molar-refractivity contribution >= 4 is 23.2 Å². The van der Waals surface area contributed by atoms with Crippen LogP contribution in [0, 0.1) is 0 Å². The second-order valence-electron chi connectivity index (χ2n) is 4.35. The lowest BCUT2D eigenvalue weighted by molar-refractivity contribution is 0.0785. The van der Waals surface area contributed by atoms with Crippen LogP contribution in [-0.4, -0.2) is 22.8 Å². The molecule has 0 radical (unpaired) electrons. The largest absolute Gasteiger partial charge is 0.337 e. The van der Waals surface area contributed by atoms with Crippen LogP contribution < -0.4 is 11.3 Å². The van der Waals surface area contributed by atoms with E-state index in [-0.39, 0.29) is 5.91 Å². The van der Waals surface area contributed by atoms with Gasteiger partial charge in [-0.05, 0) is 23.8 Å². The summed E-state index contributed by atoms with van der Waals surface area (Å²) >= 11 is 5.84. The first kappa shape index (κ1) is 14.3. The van der Waals surface area contributed by atoms with Gasteiger partial charge in [0.05, 0.1) is 11.3 Å². The second-order valence-corrected chi connectivity index (χ2v) is 4.79. The minimum atomic E-state index is -0.152. The highest BCUT2D eigenvalue weighted by Gasteiger charge is 2.15. The Morgan fingerprint density at radius 3 is 2.70 bits per heavy atom. The van der Waals surface area contributed by atoms with Gasteiger partial charge in [0.1, 0.15) is 0 Å². The molecule has 0 fully saturated rings. The molecule has 2 rings (SSSR count). The number of nitrogens with one attached hydrogen (secondary N) is 1. The van der Waals surface area contributed by atoms with Crippen LogP contribution in [0.5, 0.6) is 0 Å². The molecule has 6 heteroatoms. The third-order valence-electron chi connectivity index (χ3n) is 2.89. The van der Waals surface area contributed by atoms with E-state index in [1.807, 2.05) is 12.1 Å². The van der Waals surface area contributed by atoms with E-state index in [0.717, 1.165) is 5.56 Å². The molecule has 1 heterocycles. The standard InChI is InChI=1S/C14H15ClN4O/c1-19(9-10-2-4-11(15)5-3-10)14(20)12-8-17-7-6-13(12)18-16/h2-8H,9,16H2,1H3,(H,17,18). The van der Waals surface area contributed by atoms with E-state index < -0.39 is 0 Å². The summed E-state index contributed by atoms with van der Waals surface area (Å²) < 4.78 is 0. The first-order valence-corrected chi connectivity index (χ1v) is 6.40. The minimum Gasteiger partial charge on any atom is -0.337 e. The molecule has 0 saturated carbocycles. The molecule has 5 nitrogen and oxygen atoms in total. The molecule has 1 amide bonds. The number of hydrogen-bond acceptors (Lipinski definition) is 4. The van der Waals surface area contributed by atoms with Gasteiger partial charge in [0.25, 0.3) is 5.91 Å². The van der Waals surface area contributed by atoms with E-state index in [0.29, 0.717) is 22.8 Å². The third kappa shape index (κ3) is 3.26. The lowest BCUT2D eigenvalue weighted by Crippen LogP contribution is -2.27. The van der Waals surface area contributed by atoms with Crippen molar-refractivity contribution in [2.75, 3.05) is 12.5 Å². The second kappa shape index (κ2) is 6.36. The van der Waals surface area contributed by atoms with Crippen LogP contribution in [0.1, 0.15) is 15.9 Å². The number of pyridine rings is 1. The number of halogens is 1. The van der Waals surface area contributed by atoms with Crippen molar-refractivity contribution in [3.8, 4) is 0 Å². The Morgan fingerprint density at radius 2 is 2.05 bits per heavy atom. The zero-order valence-electron chi connectivity index (χ0n) is 11.0. The number of nitrogen functional groups attached to an aromatic ring is 1. The van der Waals surface area contributed by atoms with Gasteiger partial charge >= 0.3 is 0 Å². The molecule has 2 aromatic rings. The van der Waals surface area contributed by atoms with Crippen molar-refractivity contribution in [3.05, 3.63) is 58.9 Å². The monoisotopic (exact) mass is 290 g/mol. The van der Waals surface area contributed by atoms with Crippen molar-refractivity contribution < 1.29 is 4.79 Å². The smallest absolute Gasteiger partial charge is 0.257 e. The van der Waals surface area contributed by atoms with Crippen molar-refractivity contribution in [2.45, 2.75) is 6.54 Å². The maximum atomic E-state index is 12.4. The molecule has 1 aromatic carbocycles. The maximum Gasteiger partial charge on any atom is 0.257 e. The molecule has 0 aliphatic rings. The number of anilines is 1. The number of benzene rings is 1. The topological polar surface area (TPSA) is 71.2 Å². The fourth-order valence-corrected chi connectivity index (χ4v) is 1.96. The third-order valence-corrected chi connectivity index (χ3v) is 3.14. The summed E-state index contributed by atoms with van der Waals surface area (Å²) in [4.78, 5) is 17.9. The Balaban J connectivity index is 2.14. The van der Waals surface area contributed by atoms with E-state index in [1.165, 1.54) is 6.20 Å². The van der Waals surface area contributed by atoms with E-state index in [9.17, 15) is 4.79 Å². The van der Waals surface area contributed by atoms with Gasteiger partial charge in [-0.1, -0.05) is 23.7 Å². The van der Waals surface area contributed by atoms with Crippen LogP contribution >= 0.6 is 11.6 Å². The Labute approximate surface area is 122 Å². The van der Waals surface area contributed by atoms with E-state index >= 15 is 0 Å². The summed E-state index contributed by atoms with van der Waals surface area (Å²) in [6, 6.07) is 9.02. The highest BCUT2D eigenvalue weighted by molar-refractivity contribution is 6.30. The molecule has 0 aliphatic heterocycles. The maximum absolute atomic E-state index is 12.4. The fourth-order valence-electron chi connectivity index (χ4n) is 1.83. The molecule has 3 N–H and O–H groups in total. The summed E-state index contributed by atoms with van der Waals surface area (Å²) in [5.41, 5.74) is 4.48. The summed E-state index contributed by atoms with van der Waals surface area (Å²) in [6.07, 6.45) is 3.07. The molecule has 0 aliphatic carbocycles. The van der Waals surface area contributed by atoms with E-state index in [2.05, 4.69) is 10.4 Å². The Morgan fingerprint density at radius 1 is 1.35 bits per heavy atom. The average molecular weight is 291 g/mol. The molecular formula is C14H15ClN4O. The summed E-state index contributed by atoms with van der Waals surface area (Å²) in [7, 11) is 1.73. The van der Waals surface area contributed by atoms with Crippen LogP contribution in [0.25, 0.3) is 0 Å². The number of nitrogens with zero attached hydrogens (tertiary/aromatic N) is 2. The highest BCUT2D eigenvalue weighted by atomic mass is 35.5. The number of carbonyl (C=O) groups excluding carboxylic acids is 1. The van der Waals surface area contributed by atoms with Crippen molar-refractivity contribution in [2.24, 2.45) is 5.84 Å². The van der Waals surface area contributed by atoms with Gasteiger partial charge in [-0.3, -0.25) is 15.6 Å². The summed E-state index contributed by atoms with van der Waals surface area (Å²) in [5, 5.41) is 0.671. The molecule has 0 spiro atoms. The van der Waals surface area contributed by atoms with Crippen LogP contribution in [-0.2, 0) is 6.54 Å². The van der Waals surface area contributed by atoms with Gasteiger partial charge in [0.2, 0.25) is 0 Å². The van der Waals surface area contributed by atoms with E-state index in [1.54, 1.807) is 36.3 Å². The molecule has 0 saturated heterocycles. The first-order valence-electron chi connectivity index (χ1n) is 6.02. The molecule has 0 atom stereocenters. The number of hydrogen-bond donors (Lipinski definition) is 2. The van der Waals surface area contributed by atoms with Crippen LogP contribution in [0.2, 0.25) is 5.02 Å². The van der Waals surface area contributed by atoms with Gasteiger partial charge in [0.15, 0.2) is 0 Å².